The van der Waals surface area contributed by atoms with Gasteiger partial charge in [0.25, 0.3) is 5.56 Å². The van der Waals surface area contributed by atoms with Gasteiger partial charge in [-0.05, 0) is 35.9 Å². The van der Waals surface area contributed by atoms with Gasteiger partial charge < -0.3 is 9.84 Å². The Hall–Kier alpha value is -3.93. The average molecular weight is 385 g/mol. The highest BCUT2D eigenvalue weighted by Gasteiger charge is 2.15. The second-order valence-electron chi connectivity index (χ2n) is 6.47. The third-order valence-corrected chi connectivity index (χ3v) is 4.66. The topological polar surface area (TPSA) is 76.7 Å². The Kier molecular flexibility index (Phi) is 5.07. The predicted molar refractivity (Wildman–Crippen MR) is 113 cm³/mol. The molecule has 0 atom stereocenters. The summed E-state index contributed by atoms with van der Waals surface area (Å²) in [6, 6.07) is 20.0. The van der Waals surface area contributed by atoms with Crippen molar-refractivity contribution >= 4 is 22.8 Å². The molecule has 0 spiro atoms. The molecule has 0 saturated heterocycles. The Labute approximate surface area is 167 Å². The number of methoxy groups -OCH3 is 1. The summed E-state index contributed by atoms with van der Waals surface area (Å²) in [4.78, 5) is 21.6. The van der Waals surface area contributed by atoms with Gasteiger partial charge in [0.05, 0.1) is 19.2 Å². The maximum absolute atomic E-state index is 13.0. The van der Waals surface area contributed by atoms with E-state index in [1.807, 2.05) is 36.4 Å². The van der Waals surface area contributed by atoms with Crippen LogP contribution in [0.25, 0.3) is 10.8 Å². The largest absolute Gasteiger partial charge is 0.497 e. The summed E-state index contributed by atoms with van der Waals surface area (Å²) in [6.07, 6.45) is 3.19. The highest BCUT2D eigenvalue weighted by atomic mass is 16.5. The lowest BCUT2D eigenvalue weighted by atomic mass is 10.1. The van der Waals surface area contributed by atoms with Gasteiger partial charge in [0.2, 0.25) is 5.88 Å². The molecule has 0 saturated carbocycles. The molecule has 4 rings (SSSR count). The van der Waals surface area contributed by atoms with E-state index in [9.17, 15) is 9.90 Å². The summed E-state index contributed by atoms with van der Waals surface area (Å²) in [5.41, 5.74) is 1.08. The smallest absolute Gasteiger partial charge is 0.261 e. The van der Waals surface area contributed by atoms with Crippen molar-refractivity contribution in [2.24, 2.45) is 4.99 Å². The van der Waals surface area contributed by atoms with E-state index in [4.69, 9.17) is 4.74 Å². The molecule has 2 aromatic heterocycles. The van der Waals surface area contributed by atoms with Gasteiger partial charge >= 0.3 is 0 Å². The van der Waals surface area contributed by atoms with Crippen LogP contribution >= 0.6 is 0 Å². The average Bonchev–Trinajstić information content (AvgIpc) is 2.78. The molecule has 6 nitrogen and oxygen atoms in total. The van der Waals surface area contributed by atoms with Crippen LogP contribution in [0.1, 0.15) is 11.1 Å². The fraction of sp³-hybridized carbons (Fsp3) is 0.0870. The summed E-state index contributed by atoms with van der Waals surface area (Å²) in [5.74, 6) is 1.11. The van der Waals surface area contributed by atoms with Crippen molar-refractivity contribution in [2.75, 3.05) is 7.11 Å². The molecular formula is C23H19N3O3. The minimum atomic E-state index is -0.260. The number of hydrogen-bond donors (Lipinski definition) is 1. The van der Waals surface area contributed by atoms with Crippen molar-refractivity contribution in [3.8, 4) is 11.6 Å². The highest BCUT2D eigenvalue weighted by Crippen LogP contribution is 2.25. The Balaban J connectivity index is 1.84. The van der Waals surface area contributed by atoms with Gasteiger partial charge in [0.15, 0.2) is 5.82 Å². The van der Waals surface area contributed by atoms with Crippen LogP contribution in [0.15, 0.2) is 82.7 Å². The first-order valence-electron chi connectivity index (χ1n) is 9.10. The van der Waals surface area contributed by atoms with Crippen LogP contribution in [-0.2, 0) is 6.54 Å². The van der Waals surface area contributed by atoms with Crippen molar-refractivity contribution in [2.45, 2.75) is 6.54 Å². The second-order valence-corrected chi connectivity index (χ2v) is 6.47. The van der Waals surface area contributed by atoms with Crippen molar-refractivity contribution in [3.63, 3.8) is 0 Å². The van der Waals surface area contributed by atoms with Crippen molar-refractivity contribution in [3.05, 3.63) is 94.4 Å². The number of fused-ring (bicyclic) bond motifs is 1. The fourth-order valence-electron chi connectivity index (χ4n) is 3.16. The predicted octanol–water partition coefficient (Wildman–Crippen LogP) is 3.91. The van der Waals surface area contributed by atoms with Crippen LogP contribution < -0.4 is 10.3 Å². The quantitative estimate of drug-likeness (QED) is 0.529. The minimum absolute atomic E-state index is 0.135. The number of aliphatic imine (C=N–C) groups is 1. The van der Waals surface area contributed by atoms with E-state index >= 15 is 0 Å². The molecule has 0 radical (unpaired) electrons. The Morgan fingerprint density at radius 2 is 1.76 bits per heavy atom. The number of benzene rings is 2. The number of aromatic nitrogens is 2. The van der Waals surface area contributed by atoms with Crippen LogP contribution in [0.2, 0.25) is 0 Å². The first-order chi connectivity index (χ1) is 14.2. The van der Waals surface area contributed by atoms with E-state index < -0.39 is 0 Å². The van der Waals surface area contributed by atoms with Gasteiger partial charge in [-0.2, -0.15) is 0 Å². The molecule has 0 fully saturated rings. The lowest BCUT2D eigenvalue weighted by molar-refractivity contribution is 0.412. The van der Waals surface area contributed by atoms with E-state index in [1.54, 1.807) is 49.9 Å². The van der Waals surface area contributed by atoms with E-state index in [0.29, 0.717) is 22.2 Å². The summed E-state index contributed by atoms with van der Waals surface area (Å²) >= 11 is 0. The van der Waals surface area contributed by atoms with Gasteiger partial charge in [-0.1, -0.05) is 36.4 Å². The molecule has 0 aliphatic rings. The highest BCUT2D eigenvalue weighted by molar-refractivity contribution is 6.02. The summed E-state index contributed by atoms with van der Waals surface area (Å²) in [5, 5.41) is 12.1. The van der Waals surface area contributed by atoms with Crippen LogP contribution in [-0.4, -0.2) is 28.0 Å². The molecule has 144 valence electrons. The standard InChI is InChI=1S/C23H19N3O3/c1-29-17-11-9-16(10-12-17)15-26-22(27)19-7-3-2-6-18(19)20(23(26)28)14-25-21-8-4-5-13-24-21/h2-14,28H,15H2,1H3/b25-14+. The zero-order chi connectivity index (χ0) is 20.2. The van der Waals surface area contributed by atoms with Crippen LogP contribution in [0, 0.1) is 0 Å². The van der Waals surface area contributed by atoms with Crippen molar-refractivity contribution in [1.82, 2.24) is 9.55 Å². The molecule has 0 aliphatic carbocycles. The molecule has 2 heterocycles. The van der Waals surface area contributed by atoms with E-state index in [0.717, 1.165) is 11.3 Å². The molecule has 0 aliphatic heterocycles. The van der Waals surface area contributed by atoms with Gasteiger partial charge in [0.1, 0.15) is 5.75 Å². The normalized spacial score (nSPS) is 11.2. The number of pyridine rings is 2. The fourth-order valence-corrected chi connectivity index (χ4v) is 3.16. The minimum Gasteiger partial charge on any atom is -0.497 e. The second kappa shape index (κ2) is 7.98. The van der Waals surface area contributed by atoms with Gasteiger partial charge in [-0.3, -0.25) is 9.36 Å². The number of ether oxygens (including phenoxy) is 1. The van der Waals surface area contributed by atoms with Gasteiger partial charge in [-0.25, -0.2) is 9.98 Å². The molecule has 0 bridgehead atoms. The molecule has 0 amide bonds. The number of nitrogens with zero attached hydrogens (tertiary/aromatic N) is 3. The Bertz CT molecular complexity index is 1230. The lowest BCUT2D eigenvalue weighted by Gasteiger charge is -2.14. The molecule has 6 heteroatoms. The molecule has 0 unspecified atom stereocenters. The Morgan fingerprint density at radius 1 is 1.03 bits per heavy atom. The van der Waals surface area contributed by atoms with E-state index in [2.05, 4.69) is 9.98 Å². The lowest BCUT2D eigenvalue weighted by Crippen LogP contribution is -2.22. The summed E-state index contributed by atoms with van der Waals surface area (Å²) < 4.78 is 6.53. The first-order valence-corrected chi connectivity index (χ1v) is 9.10. The van der Waals surface area contributed by atoms with Crippen LogP contribution in [0.4, 0.5) is 5.82 Å². The van der Waals surface area contributed by atoms with Crippen LogP contribution in [0.3, 0.4) is 0 Å². The molecule has 29 heavy (non-hydrogen) atoms. The Morgan fingerprint density at radius 3 is 2.45 bits per heavy atom. The van der Waals surface area contributed by atoms with Gasteiger partial charge in [-0.15, -0.1) is 0 Å². The number of aromatic hydroxyl groups is 1. The molecule has 1 N–H and O–H groups in total. The number of hydrogen-bond acceptors (Lipinski definition) is 5. The van der Waals surface area contributed by atoms with Gasteiger partial charge in [0, 0.05) is 23.2 Å². The maximum Gasteiger partial charge on any atom is 0.261 e. The summed E-state index contributed by atoms with van der Waals surface area (Å²) in [7, 11) is 1.60. The first kappa shape index (κ1) is 18.4. The number of rotatable bonds is 5. The van der Waals surface area contributed by atoms with Crippen molar-refractivity contribution in [1.29, 1.82) is 0 Å². The summed E-state index contributed by atoms with van der Waals surface area (Å²) in [6.45, 7) is 0.226. The monoisotopic (exact) mass is 385 g/mol. The zero-order valence-corrected chi connectivity index (χ0v) is 15.8. The molecule has 2 aromatic carbocycles. The maximum atomic E-state index is 13.0. The molecular weight excluding hydrogens is 366 g/mol. The van der Waals surface area contributed by atoms with E-state index in [1.165, 1.54) is 4.57 Å². The molecule has 4 aromatic rings. The van der Waals surface area contributed by atoms with Crippen molar-refractivity contribution < 1.29 is 9.84 Å². The van der Waals surface area contributed by atoms with E-state index in [-0.39, 0.29) is 18.0 Å². The third-order valence-electron chi connectivity index (χ3n) is 4.66. The van der Waals surface area contributed by atoms with Crippen LogP contribution in [0.5, 0.6) is 11.6 Å². The third kappa shape index (κ3) is 3.73. The zero-order valence-electron chi connectivity index (χ0n) is 15.8. The SMILES string of the molecule is COc1ccc(Cn2c(O)c(/C=N/c3ccccn3)c3ccccc3c2=O)cc1.